The van der Waals surface area contributed by atoms with Gasteiger partial charge in [0.25, 0.3) is 0 Å². The van der Waals surface area contributed by atoms with Crippen molar-refractivity contribution in [1.82, 2.24) is 25.1 Å². The Kier molecular flexibility index (Phi) is 3.06. The van der Waals surface area contributed by atoms with E-state index in [1.165, 1.54) is 12.8 Å². The molecule has 0 spiro atoms. The molecule has 2 heterocycles. The molecule has 3 rings (SSSR count). The monoisotopic (exact) mass is 341 g/mol. The van der Waals surface area contributed by atoms with Gasteiger partial charge in [-0.15, -0.1) is 0 Å². The van der Waals surface area contributed by atoms with Gasteiger partial charge in [0.1, 0.15) is 0 Å². The first kappa shape index (κ1) is 11.1. The Hall–Kier alpha value is -1.02. The van der Waals surface area contributed by atoms with E-state index in [9.17, 15) is 0 Å². The van der Waals surface area contributed by atoms with Crippen molar-refractivity contribution in [3.63, 3.8) is 0 Å². The molecule has 2 aromatic heterocycles. The summed E-state index contributed by atoms with van der Waals surface area (Å²) in [5, 5.41) is 7.60. The summed E-state index contributed by atoms with van der Waals surface area (Å²) in [7, 11) is 0. The number of nitrogens with zero attached hydrogens (tertiary/aromatic N) is 4. The lowest BCUT2D eigenvalue weighted by atomic mass is 10.4. The summed E-state index contributed by atoms with van der Waals surface area (Å²) in [6.07, 6.45) is 9.86. The molecule has 1 saturated carbocycles. The van der Waals surface area contributed by atoms with E-state index in [1.807, 2.05) is 6.20 Å². The third-order valence-corrected chi connectivity index (χ3v) is 3.18. The zero-order chi connectivity index (χ0) is 11.7. The predicted octanol–water partition coefficient (Wildman–Crippen LogP) is 1.52. The average Bonchev–Trinajstić information content (AvgIpc) is 3.09. The zero-order valence-electron chi connectivity index (χ0n) is 9.17. The molecule has 0 aromatic carbocycles. The normalized spacial score (nSPS) is 15.1. The van der Waals surface area contributed by atoms with Crippen molar-refractivity contribution >= 4 is 22.6 Å². The van der Waals surface area contributed by atoms with Crippen molar-refractivity contribution in [1.29, 1.82) is 0 Å². The highest BCUT2D eigenvalue weighted by Gasteiger charge is 2.20. The summed E-state index contributed by atoms with van der Waals surface area (Å²) in [6, 6.07) is 0.698. The Labute approximate surface area is 113 Å². The molecule has 0 unspecified atom stereocenters. The fraction of sp³-hybridized carbons (Fsp3) is 0.364. The summed E-state index contributed by atoms with van der Waals surface area (Å²) < 4.78 is 2.82. The van der Waals surface area contributed by atoms with Crippen molar-refractivity contribution < 1.29 is 0 Å². The minimum atomic E-state index is 0.698. The molecule has 6 heteroatoms. The summed E-state index contributed by atoms with van der Waals surface area (Å²) in [4.78, 5) is 8.73. The quantitative estimate of drug-likeness (QED) is 0.857. The van der Waals surface area contributed by atoms with Gasteiger partial charge in [0, 0.05) is 18.8 Å². The smallest absolute Gasteiger partial charge is 0.171 e. The number of hydrogen-bond donors (Lipinski definition) is 1. The second-order valence-electron chi connectivity index (χ2n) is 4.12. The Bertz CT molecular complexity index is 503. The van der Waals surface area contributed by atoms with Crippen LogP contribution in [0.1, 0.15) is 18.5 Å². The molecular formula is C11H12IN5. The Morgan fingerprint density at radius 3 is 2.76 bits per heavy atom. The van der Waals surface area contributed by atoms with Crippen LogP contribution in [0.4, 0.5) is 0 Å². The van der Waals surface area contributed by atoms with E-state index in [4.69, 9.17) is 0 Å². The van der Waals surface area contributed by atoms with Gasteiger partial charge >= 0.3 is 0 Å². The number of hydrogen-bond acceptors (Lipinski definition) is 4. The maximum absolute atomic E-state index is 4.38. The van der Waals surface area contributed by atoms with Crippen LogP contribution in [0.15, 0.2) is 24.8 Å². The van der Waals surface area contributed by atoms with E-state index in [0.29, 0.717) is 6.04 Å². The third-order valence-electron chi connectivity index (χ3n) is 2.63. The Morgan fingerprint density at radius 2 is 2.18 bits per heavy atom. The van der Waals surface area contributed by atoms with Gasteiger partial charge in [0.05, 0.1) is 27.9 Å². The van der Waals surface area contributed by atoms with E-state index in [1.54, 1.807) is 23.3 Å². The van der Waals surface area contributed by atoms with Gasteiger partial charge in [0.15, 0.2) is 5.82 Å². The molecule has 0 atom stereocenters. The molecule has 1 N–H and O–H groups in total. The van der Waals surface area contributed by atoms with Gasteiger partial charge in [0.2, 0.25) is 0 Å². The molecule has 0 bridgehead atoms. The summed E-state index contributed by atoms with van der Waals surface area (Å²) in [6.45, 7) is 0.800. The van der Waals surface area contributed by atoms with E-state index in [-0.39, 0.29) is 0 Å². The molecule has 1 aliphatic carbocycles. The first-order valence-electron chi connectivity index (χ1n) is 5.56. The SMILES string of the molecule is Ic1cnn(-c2cnc(CNC3CC3)cn2)c1. The summed E-state index contributed by atoms with van der Waals surface area (Å²) in [5.41, 5.74) is 0.975. The topological polar surface area (TPSA) is 55.6 Å². The van der Waals surface area contributed by atoms with Crippen LogP contribution in [-0.2, 0) is 6.54 Å². The molecule has 5 nitrogen and oxygen atoms in total. The maximum atomic E-state index is 4.38. The summed E-state index contributed by atoms with van der Waals surface area (Å²) >= 11 is 2.22. The van der Waals surface area contributed by atoms with Gasteiger partial charge in [-0.1, -0.05) is 0 Å². The molecule has 0 radical (unpaired) electrons. The van der Waals surface area contributed by atoms with E-state index in [2.05, 4.69) is 43.0 Å². The lowest BCUT2D eigenvalue weighted by molar-refractivity contribution is 0.669. The van der Waals surface area contributed by atoms with E-state index in [0.717, 1.165) is 21.6 Å². The van der Waals surface area contributed by atoms with Crippen LogP contribution >= 0.6 is 22.6 Å². The highest BCUT2D eigenvalue weighted by molar-refractivity contribution is 14.1. The fourth-order valence-electron chi connectivity index (χ4n) is 1.52. The van der Waals surface area contributed by atoms with E-state index < -0.39 is 0 Å². The molecule has 17 heavy (non-hydrogen) atoms. The second kappa shape index (κ2) is 4.69. The van der Waals surface area contributed by atoms with Crippen LogP contribution in [0.25, 0.3) is 5.82 Å². The number of nitrogens with one attached hydrogen (secondary N) is 1. The molecule has 1 fully saturated rings. The molecule has 2 aromatic rings. The van der Waals surface area contributed by atoms with Gasteiger partial charge in [-0.05, 0) is 35.4 Å². The lowest BCUT2D eigenvalue weighted by Crippen LogP contribution is -2.16. The van der Waals surface area contributed by atoms with Crippen LogP contribution in [-0.4, -0.2) is 25.8 Å². The maximum Gasteiger partial charge on any atom is 0.171 e. The van der Waals surface area contributed by atoms with Crippen molar-refractivity contribution in [2.24, 2.45) is 0 Å². The highest BCUT2D eigenvalue weighted by Crippen LogP contribution is 2.18. The minimum Gasteiger partial charge on any atom is -0.308 e. The number of aromatic nitrogens is 4. The average molecular weight is 341 g/mol. The predicted molar refractivity (Wildman–Crippen MR) is 71.7 cm³/mol. The molecule has 0 saturated heterocycles. The van der Waals surface area contributed by atoms with Gasteiger partial charge in [-0.3, -0.25) is 4.98 Å². The van der Waals surface area contributed by atoms with Crippen LogP contribution in [0.3, 0.4) is 0 Å². The standard InChI is InChI=1S/C11H12IN5/c12-8-3-16-17(7-8)11-6-14-10(5-15-11)4-13-9-1-2-9/h3,5-7,9,13H,1-2,4H2. The van der Waals surface area contributed by atoms with E-state index >= 15 is 0 Å². The van der Waals surface area contributed by atoms with Crippen LogP contribution in [0, 0.1) is 3.57 Å². The Balaban J connectivity index is 1.70. The third kappa shape index (κ3) is 2.81. The van der Waals surface area contributed by atoms with Crippen LogP contribution < -0.4 is 5.32 Å². The van der Waals surface area contributed by atoms with Crippen molar-refractivity contribution in [2.45, 2.75) is 25.4 Å². The molecule has 0 aliphatic heterocycles. The molecule has 1 aliphatic rings. The summed E-state index contributed by atoms with van der Waals surface area (Å²) in [5.74, 6) is 0.753. The van der Waals surface area contributed by atoms with Gasteiger partial charge < -0.3 is 5.32 Å². The fourth-order valence-corrected chi connectivity index (χ4v) is 1.91. The lowest BCUT2D eigenvalue weighted by Gasteiger charge is -2.03. The van der Waals surface area contributed by atoms with Gasteiger partial charge in [-0.2, -0.15) is 5.10 Å². The second-order valence-corrected chi connectivity index (χ2v) is 5.37. The Morgan fingerprint density at radius 1 is 1.29 bits per heavy atom. The molecular weight excluding hydrogens is 329 g/mol. The first-order chi connectivity index (χ1) is 8.31. The van der Waals surface area contributed by atoms with Crippen molar-refractivity contribution in [3.05, 3.63) is 34.1 Å². The highest BCUT2D eigenvalue weighted by atomic mass is 127. The van der Waals surface area contributed by atoms with Crippen molar-refractivity contribution in [3.8, 4) is 5.82 Å². The molecule has 0 amide bonds. The first-order valence-corrected chi connectivity index (χ1v) is 6.64. The van der Waals surface area contributed by atoms with Crippen LogP contribution in [0.2, 0.25) is 0 Å². The largest absolute Gasteiger partial charge is 0.308 e. The minimum absolute atomic E-state index is 0.698. The number of halogens is 1. The molecule has 88 valence electrons. The zero-order valence-corrected chi connectivity index (χ0v) is 11.3. The van der Waals surface area contributed by atoms with Gasteiger partial charge in [-0.25, -0.2) is 9.67 Å². The number of rotatable bonds is 4. The van der Waals surface area contributed by atoms with Crippen LogP contribution in [0.5, 0.6) is 0 Å². The van der Waals surface area contributed by atoms with Crippen molar-refractivity contribution in [2.75, 3.05) is 0 Å².